The highest BCUT2D eigenvalue weighted by atomic mass is 16.4. The second-order valence-electron chi connectivity index (χ2n) is 6.61. The van der Waals surface area contributed by atoms with Gasteiger partial charge in [0.15, 0.2) is 0 Å². The van der Waals surface area contributed by atoms with E-state index in [2.05, 4.69) is 5.32 Å². The molecule has 0 aromatic rings. The lowest BCUT2D eigenvalue weighted by Crippen LogP contribution is -2.57. The van der Waals surface area contributed by atoms with Crippen molar-refractivity contribution in [3.8, 4) is 0 Å². The summed E-state index contributed by atoms with van der Waals surface area (Å²) in [6.45, 7) is 13.0. The van der Waals surface area contributed by atoms with Gasteiger partial charge >= 0.3 is 5.97 Å². The van der Waals surface area contributed by atoms with Gasteiger partial charge in [-0.05, 0) is 48.5 Å². The first-order valence-corrected chi connectivity index (χ1v) is 6.15. The van der Waals surface area contributed by atoms with Crippen LogP contribution in [-0.2, 0) is 9.59 Å². The average Bonchev–Trinajstić information content (AvgIpc) is 2.08. The van der Waals surface area contributed by atoms with E-state index in [9.17, 15) is 9.59 Å². The largest absolute Gasteiger partial charge is 0.480 e. The first-order valence-electron chi connectivity index (χ1n) is 6.15. The predicted octanol–water partition coefficient (Wildman–Crippen LogP) is 1.47. The first-order chi connectivity index (χ1) is 7.84. The van der Waals surface area contributed by atoms with E-state index < -0.39 is 12.0 Å². The summed E-state index contributed by atoms with van der Waals surface area (Å²) in [7, 11) is 0. The lowest BCUT2D eigenvalue weighted by atomic mass is 10.0. The molecule has 0 heterocycles. The molecule has 5 heteroatoms. The third-order valence-corrected chi connectivity index (χ3v) is 2.51. The molecule has 0 radical (unpaired) electrons. The van der Waals surface area contributed by atoms with Crippen molar-refractivity contribution in [2.24, 2.45) is 0 Å². The number of nitrogens with one attached hydrogen (secondary N) is 1. The van der Waals surface area contributed by atoms with Crippen molar-refractivity contribution in [2.45, 2.75) is 65.6 Å². The molecule has 2 N–H and O–H groups in total. The van der Waals surface area contributed by atoms with Crippen LogP contribution in [0.4, 0.5) is 0 Å². The molecule has 0 aliphatic rings. The molecular formula is C13H26N2O3. The number of carbonyl (C=O) groups excluding carboxylic acids is 1. The fourth-order valence-corrected chi connectivity index (χ4v) is 1.72. The van der Waals surface area contributed by atoms with E-state index in [4.69, 9.17) is 5.11 Å². The maximum absolute atomic E-state index is 12.1. The topological polar surface area (TPSA) is 69.6 Å². The number of aliphatic carboxylic acids is 1. The minimum atomic E-state index is -0.930. The van der Waals surface area contributed by atoms with Gasteiger partial charge in [-0.25, -0.2) is 0 Å². The van der Waals surface area contributed by atoms with Gasteiger partial charge in [0.2, 0.25) is 5.91 Å². The van der Waals surface area contributed by atoms with Crippen LogP contribution in [0.2, 0.25) is 0 Å². The average molecular weight is 258 g/mol. The highest BCUT2D eigenvalue weighted by molar-refractivity contribution is 5.82. The molecule has 18 heavy (non-hydrogen) atoms. The summed E-state index contributed by atoms with van der Waals surface area (Å²) >= 11 is 0. The zero-order valence-corrected chi connectivity index (χ0v) is 12.5. The van der Waals surface area contributed by atoms with Gasteiger partial charge in [0.05, 0.1) is 12.6 Å². The molecule has 1 unspecified atom stereocenters. The molecule has 0 rings (SSSR count). The Morgan fingerprint density at radius 1 is 1.17 bits per heavy atom. The van der Waals surface area contributed by atoms with Crippen LogP contribution in [0.15, 0.2) is 0 Å². The summed E-state index contributed by atoms with van der Waals surface area (Å²) in [5, 5.41) is 11.8. The fourth-order valence-electron chi connectivity index (χ4n) is 1.72. The van der Waals surface area contributed by atoms with E-state index in [0.29, 0.717) is 0 Å². The maximum atomic E-state index is 12.1. The number of carboxylic acids is 1. The zero-order chi connectivity index (χ0) is 14.7. The minimum Gasteiger partial charge on any atom is -0.480 e. The van der Waals surface area contributed by atoms with E-state index in [0.717, 1.165) is 0 Å². The molecular weight excluding hydrogens is 232 g/mol. The van der Waals surface area contributed by atoms with Crippen LogP contribution in [0.5, 0.6) is 0 Å². The highest BCUT2D eigenvalue weighted by Gasteiger charge is 2.33. The van der Waals surface area contributed by atoms with E-state index in [1.165, 1.54) is 0 Å². The molecule has 0 aromatic carbocycles. The standard InChI is InChI=1S/C13H26N2O3/c1-9(11(18)14-12(2,3)4)15(8-10(16)17)13(5,6)7/h9H,8H2,1-7H3,(H,14,18)(H,16,17). The van der Waals surface area contributed by atoms with Crippen molar-refractivity contribution in [1.29, 1.82) is 0 Å². The number of rotatable bonds is 4. The van der Waals surface area contributed by atoms with Crippen LogP contribution in [-0.4, -0.2) is 45.5 Å². The Morgan fingerprint density at radius 2 is 1.61 bits per heavy atom. The van der Waals surface area contributed by atoms with E-state index in [1.54, 1.807) is 11.8 Å². The van der Waals surface area contributed by atoms with Gasteiger partial charge in [-0.15, -0.1) is 0 Å². The lowest BCUT2D eigenvalue weighted by Gasteiger charge is -2.39. The van der Waals surface area contributed by atoms with Crippen molar-refractivity contribution in [3.63, 3.8) is 0 Å². The molecule has 106 valence electrons. The first kappa shape index (κ1) is 16.9. The Kier molecular flexibility index (Phi) is 5.35. The molecule has 1 amide bonds. The number of carbonyl (C=O) groups is 2. The summed E-state index contributed by atoms with van der Waals surface area (Å²) in [5.74, 6) is -1.08. The predicted molar refractivity (Wildman–Crippen MR) is 71.5 cm³/mol. The molecule has 0 aliphatic carbocycles. The van der Waals surface area contributed by atoms with Gasteiger partial charge in [-0.1, -0.05) is 0 Å². The summed E-state index contributed by atoms with van der Waals surface area (Å²) in [6, 6.07) is -0.486. The van der Waals surface area contributed by atoms with Crippen LogP contribution in [0.1, 0.15) is 48.5 Å². The molecule has 0 bridgehead atoms. The Morgan fingerprint density at radius 3 is 1.89 bits per heavy atom. The molecule has 0 saturated carbocycles. The van der Waals surface area contributed by atoms with Gasteiger partial charge in [0.25, 0.3) is 0 Å². The Bertz CT molecular complexity index is 313. The Labute approximate surface area is 110 Å². The van der Waals surface area contributed by atoms with Crippen molar-refractivity contribution in [1.82, 2.24) is 10.2 Å². The maximum Gasteiger partial charge on any atom is 0.317 e. The number of hydrogen-bond donors (Lipinski definition) is 2. The lowest BCUT2D eigenvalue weighted by molar-refractivity contribution is -0.142. The van der Waals surface area contributed by atoms with Gasteiger partial charge < -0.3 is 10.4 Å². The monoisotopic (exact) mass is 258 g/mol. The summed E-state index contributed by atoms with van der Waals surface area (Å²) in [4.78, 5) is 24.7. The SMILES string of the molecule is CC(C(=O)NC(C)(C)C)N(CC(=O)O)C(C)(C)C. The van der Waals surface area contributed by atoms with E-state index >= 15 is 0 Å². The van der Waals surface area contributed by atoms with Crippen LogP contribution in [0.3, 0.4) is 0 Å². The molecule has 0 fully saturated rings. The van der Waals surface area contributed by atoms with Crippen LogP contribution in [0.25, 0.3) is 0 Å². The van der Waals surface area contributed by atoms with Crippen molar-refractivity contribution >= 4 is 11.9 Å². The molecule has 0 saturated heterocycles. The van der Waals surface area contributed by atoms with Crippen molar-refractivity contribution in [2.75, 3.05) is 6.54 Å². The summed E-state index contributed by atoms with van der Waals surface area (Å²) < 4.78 is 0. The normalized spacial score (nSPS) is 14.4. The summed E-state index contributed by atoms with van der Waals surface area (Å²) in [6.07, 6.45) is 0. The molecule has 0 spiro atoms. The van der Waals surface area contributed by atoms with Gasteiger partial charge in [0.1, 0.15) is 0 Å². The highest BCUT2D eigenvalue weighted by Crippen LogP contribution is 2.17. The molecule has 0 aromatic heterocycles. The van der Waals surface area contributed by atoms with Crippen molar-refractivity contribution < 1.29 is 14.7 Å². The number of hydrogen-bond acceptors (Lipinski definition) is 3. The van der Waals surface area contributed by atoms with Crippen LogP contribution < -0.4 is 5.32 Å². The van der Waals surface area contributed by atoms with Crippen molar-refractivity contribution in [3.05, 3.63) is 0 Å². The van der Waals surface area contributed by atoms with Gasteiger partial charge in [-0.3, -0.25) is 14.5 Å². The minimum absolute atomic E-state index is 0.151. The summed E-state index contributed by atoms with van der Waals surface area (Å²) in [5.41, 5.74) is -0.703. The molecule has 1 atom stereocenters. The fraction of sp³-hybridized carbons (Fsp3) is 0.846. The number of amides is 1. The second-order valence-corrected chi connectivity index (χ2v) is 6.61. The zero-order valence-electron chi connectivity index (χ0n) is 12.5. The Balaban J connectivity index is 4.91. The van der Waals surface area contributed by atoms with Crippen LogP contribution >= 0.6 is 0 Å². The third kappa shape index (κ3) is 6.00. The number of nitrogens with zero attached hydrogens (tertiary/aromatic N) is 1. The quantitative estimate of drug-likeness (QED) is 0.801. The van der Waals surface area contributed by atoms with E-state index in [1.807, 2.05) is 41.5 Å². The molecule has 0 aliphatic heterocycles. The van der Waals surface area contributed by atoms with Crippen LogP contribution in [0, 0.1) is 0 Å². The van der Waals surface area contributed by atoms with Gasteiger partial charge in [0, 0.05) is 11.1 Å². The van der Waals surface area contributed by atoms with E-state index in [-0.39, 0.29) is 23.5 Å². The number of carboxylic acid groups (broad SMARTS) is 1. The van der Waals surface area contributed by atoms with Gasteiger partial charge in [-0.2, -0.15) is 0 Å². The smallest absolute Gasteiger partial charge is 0.317 e. The third-order valence-electron chi connectivity index (χ3n) is 2.51. The second kappa shape index (κ2) is 5.69. The molecule has 5 nitrogen and oxygen atoms in total. The Hall–Kier alpha value is -1.10.